The Bertz CT molecular complexity index is 613. The van der Waals surface area contributed by atoms with E-state index in [1.54, 1.807) is 16.8 Å². The molecule has 1 heterocycles. The fourth-order valence-electron chi connectivity index (χ4n) is 1.53. The number of nitrogens with two attached hydrogens (primary N) is 1. The number of hydrogen-bond acceptors (Lipinski definition) is 5. The van der Waals surface area contributed by atoms with E-state index in [9.17, 15) is 0 Å². The molecule has 0 atom stereocenters. The van der Waals surface area contributed by atoms with Gasteiger partial charge in [-0.25, -0.2) is 10.8 Å². The van der Waals surface area contributed by atoms with Gasteiger partial charge in [0.15, 0.2) is 0 Å². The molecule has 1 aromatic heterocycles. The molecule has 0 saturated heterocycles. The second-order valence-electron chi connectivity index (χ2n) is 3.88. The Kier molecular flexibility index (Phi) is 7.45. The van der Waals surface area contributed by atoms with Gasteiger partial charge in [-0.2, -0.15) is 0 Å². The molecule has 0 bridgehead atoms. The maximum atomic E-state index is 8.94. The smallest absolute Gasteiger partial charge is 0.221 e. The third-order valence-corrected chi connectivity index (χ3v) is 3.63. The van der Waals surface area contributed by atoms with Crippen LogP contribution < -0.4 is 16.6 Å². The van der Waals surface area contributed by atoms with Crippen molar-refractivity contribution < 1.29 is 4.79 Å². The number of thiazole rings is 1. The van der Waals surface area contributed by atoms with Gasteiger partial charge in [0.25, 0.3) is 0 Å². The lowest BCUT2D eigenvalue weighted by atomic mass is 10.1. The number of carbonyl (C=O) groups is 1. The summed E-state index contributed by atoms with van der Waals surface area (Å²) in [5.41, 5.74) is 3.76. The number of nitrogens with zero attached hydrogens (tertiary/aromatic N) is 1. The first-order valence-corrected chi connectivity index (χ1v) is 7.28. The fraction of sp³-hybridized carbons (Fsp3) is 0.143. The van der Waals surface area contributed by atoms with Crippen molar-refractivity contribution in [1.29, 1.82) is 0 Å². The monoisotopic (exact) mass is 324 g/mol. The number of hydrogen-bond donors (Lipinski definition) is 3. The van der Waals surface area contributed by atoms with Crippen LogP contribution in [0.2, 0.25) is 5.02 Å². The molecule has 0 radical (unpaired) electrons. The minimum atomic E-state index is 0.403. The lowest BCUT2D eigenvalue weighted by molar-refractivity contribution is -0.109. The van der Waals surface area contributed by atoms with Crippen molar-refractivity contribution in [3.05, 3.63) is 44.9 Å². The highest BCUT2D eigenvalue weighted by atomic mass is 35.5. The zero-order valence-electron chi connectivity index (χ0n) is 11.8. The van der Waals surface area contributed by atoms with Gasteiger partial charge in [0.05, 0.1) is 0 Å². The van der Waals surface area contributed by atoms with Gasteiger partial charge in [-0.05, 0) is 31.2 Å². The molecule has 2 rings (SSSR count). The largest absolute Gasteiger partial charge is 0.388 e. The van der Waals surface area contributed by atoms with Crippen LogP contribution in [0.15, 0.2) is 24.4 Å². The zero-order chi connectivity index (χ0) is 15.7. The number of hydrazine groups is 1. The Morgan fingerprint density at radius 2 is 2.10 bits per heavy atom. The summed E-state index contributed by atoms with van der Waals surface area (Å²) in [5.74, 6) is 4.41. The Labute approximate surface area is 132 Å². The lowest BCUT2D eigenvalue weighted by Gasteiger charge is -2.06. The first kappa shape index (κ1) is 17.2. The molecule has 0 aliphatic heterocycles. The summed E-state index contributed by atoms with van der Waals surface area (Å²) < 4.78 is 0. The summed E-state index contributed by atoms with van der Waals surface area (Å²) in [7, 11) is 1.89. The van der Waals surface area contributed by atoms with Crippen molar-refractivity contribution in [3.8, 4) is 0 Å². The summed E-state index contributed by atoms with van der Waals surface area (Å²) in [4.78, 5) is 14.4. The fourth-order valence-corrected chi connectivity index (χ4v) is 2.44. The van der Waals surface area contributed by atoms with Gasteiger partial charge in [0.1, 0.15) is 5.01 Å². The lowest BCUT2D eigenvalue weighted by Crippen LogP contribution is -2.18. The molecule has 1 aromatic carbocycles. The van der Waals surface area contributed by atoms with Gasteiger partial charge in [-0.3, -0.25) is 10.2 Å². The van der Waals surface area contributed by atoms with Crippen molar-refractivity contribution in [2.75, 3.05) is 12.4 Å². The number of carbonyl (C=O) groups excluding carboxylic acids is 1. The minimum absolute atomic E-state index is 0.403. The Morgan fingerprint density at radius 3 is 2.62 bits per heavy atom. The number of rotatable bonds is 4. The third kappa shape index (κ3) is 5.55. The normalized spacial score (nSPS) is 9.90. The minimum Gasteiger partial charge on any atom is -0.388 e. The highest BCUT2D eigenvalue weighted by molar-refractivity contribution is 7.12. The van der Waals surface area contributed by atoms with Crippen LogP contribution in [0.3, 0.4) is 0 Å². The predicted octanol–water partition coefficient (Wildman–Crippen LogP) is 2.92. The van der Waals surface area contributed by atoms with Crippen LogP contribution in [0.5, 0.6) is 0 Å². The molecule has 5 nitrogen and oxygen atoms in total. The van der Waals surface area contributed by atoms with Crippen LogP contribution in [-0.4, -0.2) is 18.4 Å². The molecular weight excluding hydrogens is 308 g/mol. The van der Waals surface area contributed by atoms with Gasteiger partial charge in [0.2, 0.25) is 6.41 Å². The van der Waals surface area contributed by atoms with Crippen molar-refractivity contribution in [2.24, 2.45) is 5.84 Å². The average Bonchev–Trinajstić information content (AvgIpc) is 2.91. The van der Waals surface area contributed by atoms with Crippen LogP contribution in [0.4, 0.5) is 5.69 Å². The van der Waals surface area contributed by atoms with E-state index in [4.69, 9.17) is 16.4 Å². The highest BCUT2D eigenvalue weighted by Crippen LogP contribution is 2.26. The number of nitrogens with one attached hydrogen (secondary N) is 2. The number of benzene rings is 1. The van der Waals surface area contributed by atoms with Gasteiger partial charge >= 0.3 is 0 Å². The molecule has 21 heavy (non-hydrogen) atoms. The second kappa shape index (κ2) is 9.12. The first-order valence-electron chi connectivity index (χ1n) is 6.09. The molecule has 0 aliphatic rings. The van der Waals surface area contributed by atoms with E-state index in [0.29, 0.717) is 6.41 Å². The Morgan fingerprint density at radius 1 is 1.38 bits per heavy atom. The van der Waals surface area contributed by atoms with Crippen molar-refractivity contribution in [1.82, 2.24) is 10.4 Å². The average molecular weight is 325 g/mol. The van der Waals surface area contributed by atoms with Crippen molar-refractivity contribution >= 4 is 47.2 Å². The number of amides is 1. The van der Waals surface area contributed by atoms with E-state index in [2.05, 4.69) is 16.1 Å². The maximum Gasteiger partial charge on any atom is 0.221 e. The SMILES string of the molecule is CNc1cccc(Cl)c1/C=C/c1ncc(C)s1.NNC=O. The van der Waals surface area contributed by atoms with Gasteiger partial charge < -0.3 is 5.32 Å². The number of aromatic nitrogens is 1. The molecule has 4 N–H and O–H groups in total. The highest BCUT2D eigenvalue weighted by Gasteiger charge is 2.02. The van der Waals surface area contributed by atoms with E-state index in [1.807, 2.05) is 50.5 Å². The van der Waals surface area contributed by atoms with Gasteiger partial charge in [-0.15, -0.1) is 11.3 Å². The molecule has 112 valence electrons. The molecular formula is C14H17ClN4OS. The second-order valence-corrected chi connectivity index (χ2v) is 5.55. The number of aryl methyl sites for hydroxylation is 1. The summed E-state index contributed by atoms with van der Waals surface area (Å²) >= 11 is 7.84. The standard InChI is InChI=1S/C13H13ClN2S.CH4N2O/c1-9-8-16-13(17-9)7-6-10-11(14)4-3-5-12(10)15-2;2-3-1-4/h3-8,15H,1-2H3;1H,2H2,(H,3,4)/b7-6+;. The number of halogens is 1. The zero-order valence-corrected chi connectivity index (χ0v) is 13.3. The van der Waals surface area contributed by atoms with Crippen LogP contribution >= 0.6 is 22.9 Å². The quantitative estimate of drug-likeness (QED) is 0.349. The van der Waals surface area contributed by atoms with Crippen molar-refractivity contribution in [3.63, 3.8) is 0 Å². The Hall–Kier alpha value is -1.89. The molecule has 0 spiro atoms. The summed E-state index contributed by atoms with van der Waals surface area (Å²) in [6.07, 6.45) is 6.25. The van der Waals surface area contributed by atoms with E-state index < -0.39 is 0 Å². The summed E-state index contributed by atoms with van der Waals surface area (Å²) in [6.45, 7) is 2.05. The maximum absolute atomic E-state index is 8.94. The van der Waals surface area contributed by atoms with Gasteiger partial charge in [-0.1, -0.05) is 17.7 Å². The Balaban J connectivity index is 0.000000491. The van der Waals surface area contributed by atoms with E-state index in [0.717, 1.165) is 21.3 Å². The van der Waals surface area contributed by atoms with Crippen LogP contribution in [-0.2, 0) is 4.79 Å². The summed E-state index contributed by atoms with van der Waals surface area (Å²) in [5, 5.41) is 4.85. The van der Waals surface area contributed by atoms with E-state index >= 15 is 0 Å². The topological polar surface area (TPSA) is 80.0 Å². The molecule has 7 heteroatoms. The molecule has 1 amide bonds. The predicted molar refractivity (Wildman–Crippen MR) is 90.2 cm³/mol. The van der Waals surface area contributed by atoms with E-state index in [1.165, 1.54) is 4.88 Å². The third-order valence-electron chi connectivity index (χ3n) is 2.42. The summed E-state index contributed by atoms with van der Waals surface area (Å²) in [6, 6.07) is 5.81. The molecule has 0 unspecified atom stereocenters. The van der Waals surface area contributed by atoms with Crippen molar-refractivity contribution in [2.45, 2.75) is 6.92 Å². The number of anilines is 1. The molecule has 2 aromatic rings. The molecule has 0 saturated carbocycles. The molecule has 0 fully saturated rings. The van der Waals surface area contributed by atoms with E-state index in [-0.39, 0.29) is 0 Å². The van der Waals surface area contributed by atoms with Gasteiger partial charge in [0, 0.05) is 34.4 Å². The molecule has 0 aliphatic carbocycles. The van der Waals surface area contributed by atoms with Crippen LogP contribution in [0, 0.1) is 6.92 Å². The first-order chi connectivity index (χ1) is 10.1. The van der Waals surface area contributed by atoms with Crippen LogP contribution in [0.1, 0.15) is 15.4 Å². The van der Waals surface area contributed by atoms with Crippen LogP contribution in [0.25, 0.3) is 12.2 Å².